The molecule has 1 N–H and O–H groups in total. The lowest BCUT2D eigenvalue weighted by Crippen LogP contribution is -2.44. The van der Waals surface area contributed by atoms with Gasteiger partial charge in [0.2, 0.25) is 0 Å². The lowest BCUT2D eigenvalue weighted by Gasteiger charge is -2.40. The van der Waals surface area contributed by atoms with E-state index in [2.05, 4.69) is 53.5 Å². The second-order valence-corrected chi connectivity index (χ2v) is 13.1. The molecule has 2 atom stereocenters. The van der Waals surface area contributed by atoms with Crippen molar-refractivity contribution in [1.29, 1.82) is 0 Å². The van der Waals surface area contributed by atoms with Crippen LogP contribution in [0.15, 0.2) is 65.6 Å². The van der Waals surface area contributed by atoms with E-state index >= 15 is 0 Å². The van der Waals surface area contributed by atoms with Crippen LogP contribution in [0.5, 0.6) is 0 Å². The smallest absolute Gasteiger partial charge is 0.253 e. The number of thioether (sulfide) groups is 1. The molecule has 1 saturated heterocycles. The Morgan fingerprint density at radius 2 is 1.74 bits per heavy atom. The molecule has 2 aliphatic heterocycles. The number of hydrogen-bond acceptors (Lipinski definition) is 3. The number of fused-ring (bicyclic) bond motifs is 2. The first-order valence-electron chi connectivity index (χ1n) is 13.5. The van der Waals surface area contributed by atoms with E-state index < -0.39 is 0 Å². The molecule has 5 rings (SSSR count). The molecule has 2 heterocycles. The van der Waals surface area contributed by atoms with Crippen LogP contribution in [0.3, 0.4) is 0 Å². The van der Waals surface area contributed by atoms with Crippen molar-refractivity contribution in [3.8, 4) is 0 Å². The molecule has 200 valence electrons. The largest absolute Gasteiger partial charge is 0.341 e. The SMILES string of the molecule is Cc1cc(C)cc(C(=O)N(C)C[C@@H](CCC2Sc3ccccc3C23CCNCC3)c2ccc(Cl)c(Cl)c2)c1. The van der Waals surface area contributed by atoms with Gasteiger partial charge in [-0.25, -0.2) is 0 Å². The normalized spacial score (nSPS) is 18.8. The second-order valence-electron chi connectivity index (χ2n) is 11.0. The number of aryl methyl sites for hydroxylation is 2. The molecule has 0 aromatic heterocycles. The average Bonchev–Trinajstić information content (AvgIpc) is 3.19. The zero-order valence-corrected chi connectivity index (χ0v) is 24.7. The van der Waals surface area contributed by atoms with Gasteiger partial charge in [-0.05, 0) is 94.1 Å². The van der Waals surface area contributed by atoms with Crippen molar-refractivity contribution in [2.24, 2.45) is 0 Å². The molecule has 3 aromatic carbocycles. The molecule has 1 spiro atoms. The van der Waals surface area contributed by atoms with Crippen LogP contribution in [0.25, 0.3) is 0 Å². The number of piperidine rings is 1. The van der Waals surface area contributed by atoms with Crippen molar-refractivity contribution in [3.05, 3.63) is 98.5 Å². The summed E-state index contributed by atoms with van der Waals surface area (Å²) in [6.45, 7) is 6.83. The van der Waals surface area contributed by atoms with Crippen LogP contribution in [0.4, 0.5) is 0 Å². The van der Waals surface area contributed by atoms with Crippen LogP contribution in [0, 0.1) is 13.8 Å². The number of likely N-dealkylation sites (N-methyl/N-ethyl adjacent to an activating group) is 1. The van der Waals surface area contributed by atoms with E-state index in [0.717, 1.165) is 48.2 Å². The number of halogens is 2. The van der Waals surface area contributed by atoms with E-state index in [4.69, 9.17) is 23.2 Å². The van der Waals surface area contributed by atoms with Gasteiger partial charge in [0, 0.05) is 40.6 Å². The zero-order valence-electron chi connectivity index (χ0n) is 22.4. The summed E-state index contributed by atoms with van der Waals surface area (Å²) in [4.78, 5) is 16.8. The van der Waals surface area contributed by atoms with Gasteiger partial charge < -0.3 is 10.2 Å². The van der Waals surface area contributed by atoms with E-state index in [1.54, 1.807) is 0 Å². The Morgan fingerprint density at radius 1 is 1.03 bits per heavy atom. The van der Waals surface area contributed by atoms with E-state index in [1.807, 2.05) is 50.1 Å². The summed E-state index contributed by atoms with van der Waals surface area (Å²) >= 11 is 14.8. The van der Waals surface area contributed by atoms with Crippen LogP contribution in [0.1, 0.15) is 64.2 Å². The minimum Gasteiger partial charge on any atom is -0.341 e. The summed E-state index contributed by atoms with van der Waals surface area (Å²) in [6.07, 6.45) is 4.40. The third-order valence-electron chi connectivity index (χ3n) is 8.31. The lowest BCUT2D eigenvalue weighted by atomic mass is 9.69. The molecule has 38 heavy (non-hydrogen) atoms. The van der Waals surface area contributed by atoms with Gasteiger partial charge in [-0.2, -0.15) is 0 Å². The Kier molecular flexibility index (Phi) is 8.45. The summed E-state index contributed by atoms with van der Waals surface area (Å²) in [5.74, 6) is 0.215. The number of hydrogen-bond donors (Lipinski definition) is 1. The highest BCUT2D eigenvalue weighted by atomic mass is 35.5. The lowest BCUT2D eigenvalue weighted by molar-refractivity contribution is 0.0784. The maximum Gasteiger partial charge on any atom is 0.253 e. The van der Waals surface area contributed by atoms with Crippen LogP contribution < -0.4 is 5.32 Å². The quantitative estimate of drug-likeness (QED) is 0.314. The molecule has 1 fully saturated rings. The molecular formula is C32H36Cl2N2OS. The molecule has 3 aromatic rings. The van der Waals surface area contributed by atoms with Gasteiger partial charge in [-0.3, -0.25) is 4.79 Å². The molecule has 3 nitrogen and oxygen atoms in total. The molecule has 0 radical (unpaired) electrons. The highest BCUT2D eigenvalue weighted by Crippen LogP contribution is 2.55. The number of nitrogens with one attached hydrogen (secondary N) is 1. The first-order chi connectivity index (χ1) is 18.3. The van der Waals surface area contributed by atoms with Gasteiger partial charge in [0.1, 0.15) is 0 Å². The number of rotatable bonds is 7. The van der Waals surface area contributed by atoms with Crippen LogP contribution >= 0.6 is 35.0 Å². The van der Waals surface area contributed by atoms with Gasteiger partial charge in [-0.1, -0.05) is 64.7 Å². The Balaban J connectivity index is 1.39. The Morgan fingerprint density at radius 3 is 2.45 bits per heavy atom. The van der Waals surface area contributed by atoms with E-state index in [-0.39, 0.29) is 17.2 Å². The minimum absolute atomic E-state index is 0.0549. The molecule has 0 bridgehead atoms. The summed E-state index contributed by atoms with van der Waals surface area (Å²) in [7, 11) is 1.92. The van der Waals surface area contributed by atoms with Gasteiger partial charge in [0.05, 0.1) is 10.0 Å². The topological polar surface area (TPSA) is 32.3 Å². The van der Waals surface area contributed by atoms with Crippen molar-refractivity contribution in [2.75, 3.05) is 26.7 Å². The standard InChI is InChI=1S/C32H36Cl2N2OS/c1-21-16-22(2)18-25(17-21)31(37)36(3)20-24(23-8-10-27(33)28(34)19-23)9-11-30-32(12-14-35-15-13-32)26-6-4-5-7-29(26)38-30/h4-8,10,16-19,24,30,35H,9,11-15,20H2,1-3H3/t24-,30?/m1/s1. The van der Waals surface area contributed by atoms with Crippen LogP contribution in [-0.4, -0.2) is 42.7 Å². The van der Waals surface area contributed by atoms with Crippen molar-refractivity contribution < 1.29 is 4.79 Å². The first-order valence-corrected chi connectivity index (χ1v) is 15.2. The number of carbonyl (C=O) groups excluding carboxylic acids is 1. The zero-order chi connectivity index (χ0) is 26.9. The molecule has 6 heteroatoms. The monoisotopic (exact) mass is 566 g/mol. The fourth-order valence-corrected chi connectivity index (χ4v) is 8.44. The predicted molar refractivity (Wildman–Crippen MR) is 161 cm³/mol. The molecule has 2 aliphatic rings. The fourth-order valence-electron chi connectivity index (χ4n) is 6.43. The van der Waals surface area contributed by atoms with Crippen molar-refractivity contribution in [1.82, 2.24) is 10.2 Å². The van der Waals surface area contributed by atoms with Gasteiger partial charge in [0.15, 0.2) is 0 Å². The highest BCUT2D eigenvalue weighted by Gasteiger charge is 2.47. The summed E-state index contributed by atoms with van der Waals surface area (Å²) in [5.41, 5.74) is 5.84. The third-order valence-corrected chi connectivity index (χ3v) is 10.6. The average molecular weight is 568 g/mol. The molecule has 1 amide bonds. The Hall–Kier alpha value is -1.98. The number of benzene rings is 3. The molecule has 0 aliphatic carbocycles. The summed E-state index contributed by atoms with van der Waals surface area (Å²) in [6, 6.07) is 21.0. The van der Waals surface area contributed by atoms with Crippen molar-refractivity contribution in [3.63, 3.8) is 0 Å². The third kappa shape index (κ3) is 5.65. The van der Waals surface area contributed by atoms with E-state index in [1.165, 1.54) is 23.3 Å². The van der Waals surface area contributed by atoms with Gasteiger partial charge in [0.25, 0.3) is 5.91 Å². The number of carbonyl (C=O) groups is 1. The van der Waals surface area contributed by atoms with Gasteiger partial charge >= 0.3 is 0 Å². The molecule has 0 saturated carbocycles. The molecule has 1 unspecified atom stereocenters. The van der Waals surface area contributed by atoms with E-state index in [0.29, 0.717) is 21.8 Å². The minimum atomic E-state index is 0.0549. The summed E-state index contributed by atoms with van der Waals surface area (Å²) < 4.78 is 0. The maximum absolute atomic E-state index is 13.5. The predicted octanol–water partition coefficient (Wildman–Crippen LogP) is 8.04. The Bertz CT molecular complexity index is 1300. The maximum atomic E-state index is 13.5. The number of amides is 1. The first kappa shape index (κ1) is 27.6. The van der Waals surface area contributed by atoms with Crippen molar-refractivity contribution in [2.45, 2.75) is 61.0 Å². The molecular weight excluding hydrogens is 531 g/mol. The van der Waals surface area contributed by atoms with Crippen molar-refractivity contribution >= 4 is 40.9 Å². The summed E-state index contributed by atoms with van der Waals surface area (Å²) in [5, 5.41) is 5.22. The number of nitrogens with zero attached hydrogens (tertiary/aromatic N) is 1. The van der Waals surface area contributed by atoms with E-state index in [9.17, 15) is 4.79 Å². The highest BCUT2D eigenvalue weighted by molar-refractivity contribution is 8.00. The second kappa shape index (κ2) is 11.6. The fraction of sp³-hybridized carbons (Fsp3) is 0.406. The van der Waals surface area contributed by atoms with Crippen LogP contribution in [-0.2, 0) is 5.41 Å². The van der Waals surface area contributed by atoms with Gasteiger partial charge in [-0.15, -0.1) is 11.8 Å². The Labute approximate surface area is 241 Å². The van der Waals surface area contributed by atoms with Crippen LogP contribution in [0.2, 0.25) is 10.0 Å².